The number of hydrogen-bond acceptors (Lipinski definition) is 10. The fourth-order valence-corrected chi connectivity index (χ4v) is 5.00. The van der Waals surface area contributed by atoms with Crippen molar-refractivity contribution in [2.24, 2.45) is 0 Å². The van der Waals surface area contributed by atoms with E-state index in [0.717, 1.165) is 34.8 Å². The van der Waals surface area contributed by atoms with Gasteiger partial charge in [0, 0.05) is 43.0 Å². The van der Waals surface area contributed by atoms with Gasteiger partial charge in [0.15, 0.2) is 5.65 Å². The number of nitrogen functional groups attached to an aromatic ring is 1. The summed E-state index contributed by atoms with van der Waals surface area (Å²) in [5, 5.41) is 6.66. The summed E-state index contributed by atoms with van der Waals surface area (Å²) in [5.74, 6) is 0.477. The van der Waals surface area contributed by atoms with E-state index >= 15 is 0 Å². The first-order chi connectivity index (χ1) is 20.2. The van der Waals surface area contributed by atoms with Crippen LogP contribution in [0.15, 0.2) is 30.9 Å². The maximum absolute atomic E-state index is 12.8. The van der Waals surface area contributed by atoms with Crippen LogP contribution in [0.3, 0.4) is 0 Å². The zero-order chi connectivity index (χ0) is 28.4. The van der Waals surface area contributed by atoms with Gasteiger partial charge in [0.05, 0.1) is 64.1 Å². The summed E-state index contributed by atoms with van der Waals surface area (Å²) < 4.78 is 23.6. The van der Waals surface area contributed by atoms with E-state index in [1.807, 2.05) is 34.8 Å². The molecule has 0 radical (unpaired) electrons. The van der Waals surface area contributed by atoms with E-state index in [0.29, 0.717) is 89.5 Å². The first-order valence-electron chi connectivity index (χ1n) is 14.2. The van der Waals surface area contributed by atoms with Crippen LogP contribution in [-0.2, 0) is 23.7 Å². The van der Waals surface area contributed by atoms with Crippen molar-refractivity contribution in [3.8, 4) is 11.3 Å². The number of rotatable bonds is 15. The van der Waals surface area contributed by atoms with Gasteiger partial charge in [-0.1, -0.05) is 0 Å². The number of ether oxygens (including phenoxy) is 4. The van der Waals surface area contributed by atoms with Crippen LogP contribution in [0.2, 0.25) is 0 Å². The molecule has 4 aromatic heterocycles. The predicted octanol–water partition coefficient (Wildman–Crippen LogP) is 2.59. The van der Waals surface area contributed by atoms with Crippen LogP contribution in [0.25, 0.3) is 33.3 Å². The third-order valence-electron chi connectivity index (χ3n) is 7.14. The van der Waals surface area contributed by atoms with Gasteiger partial charge in [-0.05, 0) is 31.9 Å². The van der Waals surface area contributed by atoms with Crippen LogP contribution >= 0.6 is 0 Å². The lowest BCUT2D eigenvalue weighted by Gasteiger charge is -2.32. The van der Waals surface area contributed by atoms with Gasteiger partial charge < -0.3 is 34.6 Å². The molecule has 0 aromatic carbocycles. The quantitative estimate of drug-likeness (QED) is 0.205. The molecule has 1 fully saturated rings. The minimum Gasteiger partial charge on any atom is -0.383 e. The number of nitrogens with zero attached hydrogens (tertiary/aromatic N) is 6. The lowest BCUT2D eigenvalue weighted by molar-refractivity contribution is -0.133. The highest BCUT2D eigenvalue weighted by atomic mass is 16.6. The molecule has 1 saturated heterocycles. The highest BCUT2D eigenvalue weighted by molar-refractivity contribution is 5.99. The van der Waals surface area contributed by atoms with Crippen molar-refractivity contribution in [2.45, 2.75) is 32.2 Å². The lowest BCUT2D eigenvalue weighted by atomic mass is 10.0. The summed E-state index contributed by atoms with van der Waals surface area (Å²) in [6, 6.07) is 4.09. The zero-order valence-electron chi connectivity index (χ0n) is 23.5. The smallest absolute Gasteiger partial charge is 0.224 e. The van der Waals surface area contributed by atoms with Crippen molar-refractivity contribution >= 4 is 33.8 Å². The van der Waals surface area contributed by atoms with Crippen LogP contribution in [0.4, 0.5) is 5.82 Å². The largest absolute Gasteiger partial charge is 0.383 e. The third kappa shape index (κ3) is 7.17. The van der Waals surface area contributed by atoms with E-state index in [-0.39, 0.29) is 11.9 Å². The molecule has 0 unspecified atom stereocenters. The summed E-state index contributed by atoms with van der Waals surface area (Å²) >= 11 is 0. The first-order valence-corrected chi connectivity index (χ1v) is 14.2. The fraction of sp³-hybridized carbons (Fsp3) is 0.536. The molecule has 0 atom stereocenters. The number of hydrogen-bond donors (Lipinski definition) is 2. The number of carbonyl (C=O) groups excluding carboxylic acids is 1. The second kappa shape index (κ2) is 14.3. The number of amides is 1. The van der Waals surface area contributed by atoms with Crippen molar-refractivity contribution in [3.63, 3.8) is 0 Å². The Morgan fingerprint density at radius 2 is 1.71 bits per heavy atom. The van der Waals surface area contributed by atoms with Gasteiger partial charge in [0.1, 0.15) is 23.5 Å². The molecule has 1 aliphatic rings. The molecule has 0 spiro atoms. The summed E-state index contributed by atoms with van der Waals surface area (Å²) in [6.45, 7) is 7.42. The average molecular weight is 567 g/mol. The summed E-state index contributed by atoms with van der Waals surface area (Å²) in [4.78, 5) is 31.0. The van der Waals surface area contributed by atoms with Gasteiger partial charge in [-0.3, -0.25) is 4.79 Å². The van der Waals surface area contributed by atoms with Gasteiger partial charge in [0.2, 0.25) is 5.91 Å². The number of aromatic nitrogens is 6. The first kappa shape index (κ1) is 28.9. The number of nitrogens with two attached hydrogens (primary N) is 1. The average Bonchev–Trinajstić information content (AvgIpc) is 3.63. The molecular formula is C28H38N8O5. The molecule has 41 heavy (non-hydrogen) atoms. The SMILES string of the molecule is CCOCCOCCOCCOCCC(=O)N1CCC(n2nc(-c3cnc4[nH]ccc4c3)c3c(N)ncnc32)CC1. The maximum Gasteiger partial charge on any atom is 0.224 e. The Morgan fingerprint density at radius 3 is 2.44 bits per heavy atom. The molecule has 13 nitrogen and oxygen atoms in total. The van der Waals surface area contributed by atoms with Crippen LogP contribution in [0.5, 0.6) is 0 Å². The number of anilines is 1. The second-order valence-corrected chi connectivity index (χ2v) is 9.79. The molecule has 4 aromatic rings. The minimum absolute atomic E-state index is 0.0881. The van der Waals surface area contributed by atoms with Crippen molar-refractivity contribution in [1.82, 2.24) is 34.6 Å². The number of pyridine rings is 1. The van der Waals surface area contributed by atoms with Gasteiger partial charge in [-0.2, -0.15) is 5.10 Å². The highest BCUT2D eigenvalue weighted by Gasteiger charge is 2.28. The van der Waals surface area contributed by atoms with Crippen LogP contribution in [-0.4, -0.2) is 106 Å². The molecule has 0 saturated carbocycles. The van der Waals surface area contributed by atoms with E-state index in [2.05, 4.69) is 19.9 Å². The van der Waals surface area contributed by atoms with E-state index in [1.54, 1.807) is 6.20 Å². The molecule has 1 aliphatic heterocycles. The summed E-state index contributed by atoms with van der Waals surface area (Å²) in [5.41, 5.74) is 9.37. The molecular weight excluding hydrogens is 528 g/mol. The van der Waals surface area contributed by atoms with Crippen molar-refractivity contribution < 1.29 is 23.7 Å². The number of H-pyrrole nitrogens is 1. The van der Waals surface area contributed by atoms with Crippen LogP contribution in [0.1, 0.15) is 32.2 Å². The van der Waals surface area contributed by atoms with Crippen molar-refractivity contribution in [1.29, 1.82) is 0 Å². The Kier molecular flexibility index (Phi) is 10.1. The third-order valence-corrected chi connectivity index (χ3v) is 7.14. The van der Waals surface area contributed by atoms with E-state index in [9.17, 15) is 4.79 Å². The Labute approximate surface area is 238 Å². The van der Waals surface area contributed by atoms with Crippen molar-refractivity contribution in [3.05, 3.63) is 30.9 Å². The Bertz CT molecular complexity index is 1420. The predicted molar refractivity (Wildman–Crippen MR) is 153 cm³/mol. The zero-order valence-corrected chi connectivity index (χ0v) is 23.5. The van der Waals surface area contributed by atoms with Gasteiger partial charge in [0.25, 0.3) is 0 Å². The number of nitrogens with one attached hydrogen (secondary N) is 1. The normalized spacial score (nSPS) is 14.4. The number of carbonyl (C=O) groups is 1. The topological polar surface area (TPSA) is 156 Å². The molecule has 1 amide bonds. The highest BCUT2D eigenvalue weighted by Crippen LogP contribution is 2.34. The Balaban J connectivity index is 1.08. The summed E-state index contributed by atoms with van der Waals surface area (Å²) in [6.07, 6.45) is 6.99. The Morgan fingerprint density at radius 1 is 1.00 bits per heavy atom. The standard InChI is InChI=1S/C28H38N8O5/c1-2-38-11-12-40-15-16-41-14-13-39-10-6-23(37)35-8-4-22(5-9-35)36-28-24(26(29)32-19-33-28)25(34-36)21-17-20-3-7-30-27(20)31-18-21/h3,7,17-19,22H,2,4-6,8-16H2,1H3,(H,30,31)(H2,29,32,33). The monoisotopic (exact) mass is 566 g/mol. The maximum atomic E-state index is 12.8. The molecule has 220 valence electrons. The molecule has 3 N–H and O–H groups in total. The van der Waals surface area contributed by atoms with Crippen LogP contribution < -0.4 is 5.73 Å². The number of aromatic amines is 1. The van der Waals surface area contributed by atoms with Gasteiger partial charge in [-0.15, -0.1) is 0 Å². The number of piperidine rings is 1. The Hall–Kier alpha value is -3.65. The number of likely N-dealkylation sites (tertiary alicyclic amines) is 1. The number of fused-ring (bicyclic) bond motifs is 2. The molecule has 5 heterocycles. The molecule has 0 aliphatic carbocycles. The fourth-order valence-electron chi connectivity index (χ4n) is 5.00. The second-order valence-electron chi connectivity index (χ2n) is 9.79. The minimum atomic E-state index is 0.0881. The molecule has 0 bridgehead atoms. The molecule has 5 rings (SSSR count). The van der Waals surface area contributed by atoms with Crippen molar-refractivity contribution in [2.75, 3.05) is 71.7 Å². The van der Waals surface area contributed by atoms with Gasteiger partial charge in [-0.25, -0.2) is 19.6 Å². The lowest BCUT2D eigenvalue weighted by Crippen LogP contribution is -2.39. The molecule has 13 heteroatoms. The van der Waals surface area contributed by atoms with E-state index in [1.165, 1.54) is 6.33 Å². The summed E-state index contributed by atoms with van der Waals surface area (Å²) in [7, 11) is 0. The van der Waals surface area contributed by atoms with E-state index in [4.69, 9.17) is 29.8 Å². The van der Waals surface area contributed by atoms with Gasteiger partial charge >= 0.3 is 0 Å². The van der Waals surface area contributed by atoms with Crippen LogP contribution in [0, 0.1) is 0 Å². The van der Waals surface area contributed by atoms with E-state index < -0.39 is 0 Å².